The van der Waals surface area contributed by atoms with E-state index < -0.39 is 0 Å². The summed E-state index contributed by atoms with van der Waals surface area (Å²) in [5.74, 6) is 0.971. The maximum atomic E-state index is 5.89. The number of nitrogens with two attached hydrogens (primary N) is 1. The molecular weight excluding hydrogens is 258 g/mol. The average molecular weight is 283 g/mol. The molecule has 0 saturated carbocycles. The van der Waals surface area contributed by atoms with Crippen molar-refractivity contribution in [3.63, 3.8) is 0 Å². The fraction of sp³-hybridized carbons (Fsp3) is 0.368. The number of ether oxygens (including phenoxy) is 1. The second-order valence-corrected chi connectivity index (χ2v) is 5.60. The van der Waals surface area contributed by atoms with Crippen LogP contribution in [0.1, 0.15) is 42.5 Å². The van der Waals surface area contributed by atoms with Crippen LogP contribution < -0.4 is 10.5 Å². The zero-order valence-corrected chi connectivity index (χ0v) is 13.0. The molecule has 2 N–H and O–H groups in total. The second-order valence-electron chi connectivity index (χ2n) is 5.60. The maximum absolute atomic E-state index is 5.89. The molecule has 0 aromatic heterocycles. The van der Waals surface area contributed by atoms with Crippen molar-refractivity contribution in [2.24, 2.45) is 5.73 Å². The topological polar surface area (TPSA) is 35.2 Å². The summed E-state index contributed by atoms with van der Waals surface area (Å²) in [6.07, 6.45) is 3.34. The van der Waals surface area contributed by atoms with Gasteiger partial charge < -0.3 is 10.5 Å². The van der Waals surface area contributed by atoms with Crippen molar-refractivity contribution < 1.29 is 4.74 Å². The van der Waals surface area contributed by atoms with Gasteiger partial charge in [0.1, 0.15) is 5.75 Å². The Labute approximate surface area is 127 Å². The van der Waals surface area contributed by atoms with Crippen LogP contribution in [0.4, 0.5) is 0 Å². The van der Waals surface area contributed by atoms with Gasteiger partial charge in [-0.05, 0) is 55.9 Å². The van der Waals surface area contributed by atoms with Crippen LogP contribution in [0.25, 0.3) is 0 Å². The molecule has 0 aliphatic carbocycles. The molecule has 0 aliphatic rings. The van der Waals surface area contributed by atoms with E-state index in [0.717, 1.165) is 42.7 Å². The number of aryl methyl sites for hydroxylation is 2. The van der Waals surface area contributed by atoms with Gasteiger partial charge in [0.05, 0.1) is 6.61 Å². The summed E-state index contributed by atoms with van der Waals surface area (Å²) in [7, 11) is 0. The molecule has 2 aromatic rings. The number of rotatable bonds is 7. The minimum Gasteiger partial charge on any atom is -0.493 e. The number of unbranched alkanes of at least 4 members (excludes halogenated alkanes) is 1. The van der Waals surface area contributed by atoms with Crippen molar-refractivity contribution in [2.45, 2.75) is 39.2 Å². The van der Waals surface area contributed by atoms with E-state index in [1.54, 1.807) is 0 Å². The molecule has 0 fully saturated rings. The lowest BCUT2D eigenvalue weighted by Crippen LogP contribution is -2.06. The Morgan fingerprint density at radius 2 is 1.81 bits per heavy atom. The zero-order valence-electron chi connectivity index (χ0n) is 13.0. The molecule has 0 amide bonds. The number of hydrogen-bond donors (Lipinski definition) is 1. The summed E-state index contributed by atoms with van der Waals surface area (Å²) >= 11 is 0. The SMILES string of the molecule is Cc1cc([C@H](C)N)ccc1OCCCCc1ccccc1. The standard InChI is InChI=1S/C19H25NO/c1-15-14-18(16(2)20)11-12-19(15)21-13-7-6-10-17-8-4-3-5-9-17/h3-5,8-9,11-12,14,16H,6-7,10,13,20H2,1-2H3/t16-/m0/s1. The molecule has 0 unspecified atom stereocenters. The van der Waals surface area contributed by atoms with Crippen LogP contribution in [-0.2, 0) is 6.42 Å². The van der Waals surface area contributed by atoms with Crippen molar-refractivity contribution in [3.05, 3.63) is 65.2 Å². The van der Waals surface area contributed by atoms with Crippen LogP contribution in [0, 0.1) is 6.92 Å². The maximum Gasteiger partial charge on any atom is 0.122 e. The predicted molar refractivity (Wildman–Crippen MR) is 88.7 cm³/mol. The first-order valence-electron chi connectivity index (χ1n) is 7.69. The Morgan fingerprint density at radius 3 is 2.48 bits per heavy atom. The van der Waals surface area contributed by atoms with Crippen molar-refractivity contribution in [1.82, 2.24) is 0 Å². The average Bonchev–Trinajstić information content (AvgIpc) is 2.49. The summed E-state index contributed by atoms with van der Waals surface area (Å²) in [6, 6.07) is 16.9. The summed E-state index contributed by atoms with van der Waals surface area (Å²) in [5, 5.41) is 0. The molecule has 112 valence electrons. The van der Waals surface area contributed by atoms with Crippen LogP contribution in [0.3, 0.4) is 0 Å². The van der Waals surface area contributed by atoms with Crippen molar-refractivity contribution in [1.29, 1.82) is 0 Å². The summed E-state index contributed by atoms with van der Waals surface area (Å²) in [4.78, 5) is 0. The molecule has 0 radical (unpaired) electrons. The summed E-state index contributed by atoms with van der Waals surface area (Å²) in [5.41, 5.74) is 9.60. The summed E-state index contributed by atoms with van der Waals surface area (Å²) < 4.78 is 5.87. The quantitative estimate of drug-likeness (QED) is 0.764. The van der Waals surface area contributed by atoms with Crippen molar-refractivity contribution >= 4 is 0 Å². The largest absolute Gasteiger partial charge is 0.493 e. The highest BCUT2D eigenvalue weighted by atomic mass is 16.5. The van der Waals surface area contributed by atoms with Gasteiger partial charge in [-0.3, -0.25) is 0 Å². The van der Waals surface area contributed by atoms with E-state index in [4.69, 9.17) is 10.5 Å². The molecule has 2 nitrogen and oxygen atoms in total. The van der Waals surface area contributed by atoms with Crippen LogP contribution in [0.15, 0.2) is 48.5 Å². The van der Waals surface area contributed by atoms with Gasteiger partial charge in [0.2, 0.25) is 0 Å². The Bertz CT molecular complexity index is 549. The molecule has 1 atom stereocenters. The third-order valence-electron chi connectivity index (χ3n) is 3.68. The Kier molecular flexibility index (Phi) is 5.82. The van der Waals surface area contributed by atoms with E-state index in [9.17, 15) is 0 Å². The van der Waals surface area contributed by atoms with Gasteiger partial charge in [-0.1, -0.05) is 42.5 Å². The van der Waals surface area contributed by atoms with Crippen LogP contribution in [0.5, 0.6) is 5.75 Å². The highest BCUT2D eigenvalue weighted by Crippen LogP contribution is 2.22. The van der Waals surface area contributed by atoms with E-state index in [1.807, 2.05) is 13.0 Å². The predicted octanol–water partition coefficient (Wildman–Crippen LogP) is 4.42. The zero-order chi connectivity index (χ0) is 15.1. The van der Waals surface area contributed by atoms with E-state index in [0.29, 0.717) is 0 Å². The molecular formula is C19H25NO. The van der Waals surface area contributed by atoms with Crippen molar-refractivity contribution in [2.75, 3.05) is 6.61 Å². The van der Waals surface area contributed by atoms with Crippen LogP contribution >= 0.6 is 0 Å². The summed E-state index contributed by atoms with van der Waals surface area (Å²) in [6.45, 7) is 4.84. The lowest BCUT2D eigenvalue weighted by molar-refractivity contribution is 0.305. The minimum absolute atomic E-state index is 0.0728. The molecule has 2 rings (SSSR count). The molecule has 0 bridgehead atoms. The molecule has 0 heterocycles. The number of hydrogen-bond acceptors (Lipinski definition) is 2. The highest BCUT2D eigenvalue weighted by Gasteiger charge is 2.04. The Morgan fingerprint density at radius 1 is 1.05 bits per heavy atom. The van der Waals surface area contributed by atoms with Gasteiger partial charge in [0, 0.05) is 6.04 Å². The van der Waals surface area contributed by atoms with Crippen LogP contribution in [-0.4, -0.2) is 6.61 Å². The van der Waals surface area contributed by atoms with Gasteiger partial charge in [-0.15, -0.1) is 0 Å². The molecule has 0 spiro atoms. The lowest BCUT2D eigenvalue weighted by atomic mass is 10.1. The first kappa shape index (κ1) is 15.6. The van der Waals surface area contributed by atoms with E-state index >= 15 is 0 Å². The highest BCUT2D eigenvalue weighted by molar-refractivity contribution is 5.37. The van der Waals surface area contributed by atoms with E-state index in [2.05, 4.69) is 49.4 Å². The smallest absolute Gasteiger partial charge is 0.122 e. The Hall–Kier alpha value is -1.80. The fourth-order valence-electron chi connectivity index (χ4n) is 2.38. The third-order valence-corrected chi connectivity index (χ3v) is 3.68. The van der Waals surface area contributed by atoms with Gasteiger partial charge >= 0.3 is 0 Å². The number of benzene rings is 2. The van der Waals surface area contributed by atoms with Gasteiger partial charge in [0.25, 0.3) is 0 Å². The van der Waals surface area contributed by atoms with E-state index in [1.165, 1.54) is 5.56 Å². The first-order chi connectivity index (χ1) is 10.2. The first-order valence-corrected chi connectivity index (χ1v) is 7.69. The van der Waals surface area contributed by atoms with E-state index in [-0.39, 0.29) is 6.04 Å². The van der Waals surface area contributed by atoms with Gasteiger partial charge in [-0.25, -0.2) is 0 Å². The Balaban J connectivity index is 1.74. The van der Waals surface area contributed by atoms with Crippen molar-refractivity contribution in [3.8, 4) is 5.75 Å². The molecule has 0 aliphatic heterocycles. The normalized spacial score (nSPS) is 12.1. The molecule has 0 saturated heterocycles. The van der Waals surface area contributed by atoms with Crippen LogP contribution in [0.2, 0.25) is 0 Å². The molecule has 21 heavy (non-hydrogen) atoms. The monoisotopic (exact) mass is 283 g/mol. The van der Waals surface area contributed by atoms with Gasteiger partial charge in [-0.2, -0.15) is 0 Å². The third kappa shape index (κ3) is 4.91. The van der Waals surface area contributed by atoms with Gasteiger partial charge in [0.15, 0.2) is 0 Å². The molecule has 2 heteroatoms. The lowest BCUT2D eigenvalue weighted by Gasteiger charge is -2.12. The second kappa shape index (κ2) is 7.84. The fourth-order valence-corrected chi connectivity index (χ4v) is 2.38. The molecule has 2 aromatic carbocycles. The minimum atomic E-state index is 0.0728.